The van der Waals surface area contributed by atoms with Gasteiger partial charge in [0.1, 0.15) is 0 Å². The Bertz CT molecular complexity index is 663. The van der Waals surface area contributed by atoms with E-state index in [0.717, 1.165) is 6.42 Å². The molecule has 1 saturated carbocycles. The average molecular weight is 382 g/mol. The lowest BCUT2D eigenvalue weighted by Crippen LogP contribution is -2.26. The standard InChI is InChI=1S/C12H14BrClN2O3S/c1-6-2-7(6)5-16-12(17)8-3-11(20(15,18)19)9(13)4-10(8)14/h3-4,6-7H,2,5H2,1H3,(H,16,17)(H2,15,18,19). The van der Waals surface area contributed by atoms with Gasteiger partial charge in [-0.3, -0.25) is 4.79 Å². The second kappa shape index (κ2) is 5.63. The Morgan fingerprint density at radius 2 is 2.15 bits per heavy atom. The van der Waals surface area contributed by atoms with Gasteiger partial charge in [-0.25, -0.2) is 13.6 Å². The fourth-order valence-corrected chi connectivity index (χ4v) is 3.94. The van der Waals surface area contributed by atoms with E-state index >= 15 is 0 Å². The predicted molar refractivity (Wildman–Crippen MR) is 80.1 cm³/mol. The number of halogens is 2. The van der Waals surface area contributed by atoms with Gasteiger partial charge in [0, 0.05) is 11.0 Å². The van der Waals surface area contributed by atoms with Gasteiger partial charge in [-0.05, 0) is 46.3 Å². The van der Waals surface area contributed by atoms with Crippen molar-refractivity contribution in [1.82, 2.24) is 5.32 Å². The minimum atomic E-state index is -3.92. The van der Waals surface area contributed by atoms with Crippen molar-refractivity contribution < 1.29 is 13.2 Å². The van der Waals surface area contributed by atoms with E-state index in [-0.39, 0.29) is 20.0 Å². The number of carbonyl (C=O) groups is 1. The number of hydrogen-bond donors (Lipinski definition) is 2. The molecule has 8 heteroatoms. The largest absolute Gasteiger partial charge is 0.352 e. The number of amides is 1. The molecule has 0 radical (unpaired) electrons. The minimum Gasteiger partial charge on any atom is -0.352 e. The lowest BCUT2D eigenvalue weighted by molar-refractivity contribution is 0.0951. The van der Waals surface area contributed by atoms with Crippen molar-refractivity contribution in [2.45, 2.75) is 18.2 Å². The van der Waals surface area contributed by atoms with E-state index in [1.807, 2.05) is 0 Å². The van der Waals surface area contributed by atoms with E-state index in [1.54, 1.807) is 0 Å². The third-order valence-corrected chi connectivity index (χ3v) is 5.56. The molecular weight excluding hydrogens is 368 g/mol. The minimum absolute atomic E-state index is 0.104. The molecule has 1 aromatic rings. The number of nitrogens with one attached hydrogen (secondary N) is 1. The maximum Gasteiger partial charge on any atom is 0.252 e. The number of sulfonamides is 1. The summed E-state index contributed by atoms with van der Waals surface area (Å²) in [5.74, 6) is 0.716. The zero-order valence-electron chi connectivity index (χ0n) is 10.7. The molecule has 1 aliphatic carbocycles. The highest BCUT2D eigenvalue weighted by Gasteiger charge is 2.32. The van der Waals surface area contributed by atoms with Crippen LogP contribution in [0.25, 0.3) is 0 Å². The molecule has 1 fully saturated rings. The molecule has 20 heavy (non-hydrogen) atoms. The van der Waals surface area contributed by atoms with Crippen LogP contribution in [0.15, 0.2) is 21.5 Å². The van der Waals surface area contributed by atoms with Crippen molar-refractivity contribution in [3.8, 4) is 0 Å². The SMILES string of the molecule is CC1CC1CNC(=O)c1cc(S(N)(=O)=O)c(Br)cc1Cl. The molecule has 0 aliphatic heterocycles. The molecule has 0 saturated heterocycles. The van der Waals surface area contributed by atoms with Crippen LogP contribution in [0, 0.1) is 11.8 Å². The highest BCUT2D eigenvalue weighted by molar-refractivity contribution is 9.10. The molecule has 2 rings (SSSR count). The summed E-state index contributed by atoms with van der Waals surface area (Å²) < 4.78 is 23.1. The molecule has 0 bridgehead atoms. The van der Waals surface area contributed by atoms with E-state index in [0.29, 0.717) is 18.4 Å². The Hall–Kier alpha value is -0.630. The van der Waals surface area contributed by atoms with Crippen LogP contribution in [0.4, 0.5) is 0 Å². The Labute approximate surface area is 131 Å². The van der Waals surface area contributed by atoms with Gasteiger partial charge >= 0.3 is 0 Å². The van der Waals surface area contributed by atoms with Crippen LogP contribution in [0.1, 0.15) is 23.7 Å². The Balaban J connectivity index is 2.24. The third-order valence-electron chi connectivity index (χ3n) is 3.37. The summed E-state index contributed by atoms with van der Waals surface area (Å²) in [5.41, 5.74) is 0.104. The maximum absolute atomic E-state index is 12.0. The summed E-state index contributed by atoms with van der Waals surface area (Å²) in [7, 11) is -3.92. The highest BCUT2D eigenvalue weighted by atomic mass is 79.9. The molecule has 2 unspecified atom stereocenters. The lowest BCUT2D eigenvalue weighted by Gasteiger charge is -2.09. The van der Waals surface area contributed by atoms with Gasteiger partial charge in [-0.2, -0.15) is 0 Å². The van der Waals surface area contributed by atoms with Gasteiger partial charge in [0.2, 0.25) is 10.0 Å². The van der Waals surface area contributed by atoms with Crippen molar-refractivity contribution in [3.05, 3.63) is 27.2 Å². The maximum atomic E-state index is 12.0. The van der Waals surface area contributed by atoms with Gasteiger partial charge in [-0.15, -0.1) is 0 Å². The summed E-state index contributed by atoms with van der Waals surface area (Å²) >= 11 is 9.05. The molecule has 5 nitrogen and oxygen atoms in total. The van der Waals surface area contributed by atoms with E-state index < -0.39 is 15.9 Å². The van der Waals surface area contributed by atoms with Crippen LogP contribution >= 0.6 is 27.5 Å². The van der Waals surface area contributed by atoms with Crippen LogP contribution < -0.4 is 10.5 Å². The highest BCUT2D eigenvalue weighted by Crippen LogP contribution is 2.37. The summed E-state index contributed by atoms with van der Waals surface area (Å²) in [6.45, 7) is 2.68. The Morgan fingerprint density at radius 3 is 2.65 bits per heavy atom. The van der Waals surface area contributed by atoms with Gasteiger partial charge in [-0.1, -0.05) is 18.5 Å². The van der Waals surface area contributed by atoms with E-state index in [9.17, 15) is 13.2 Å². The van der Waals surface area contributed by atoms with Crippen LogP contribution in [-0.4, -0.2) is 20.9 Å². The van der Waals surface area contributed by atoms with Crippen molar-refractivity contribution >= 4 is 43.5 Å². The number of benzene rings is 1. The Kier molecular flexibility index (Phi) is 4.44. The zero-order chi connectivity index (χ0) is 15.1. The summed E-state index contributed by atoms with van der Waals surface area (Å²) in [5, 5.41) is 8.02. The fraction of sp³-hybridized carbons (Fsp3) is 0.417. The normalized spacial score (nSPS) is 21.6. The van der Waals surface area contributed by atoms with Crippen molar-refractivity contribution in [3.63, 3.8) is 0 Å². The molecule has 2 atom stereocenters. The number of hydrogen-bond acceptors (Lipinski definition) is 3. The first-order valence-electron chi connectivity index (χ1n) is 6.00. The first kappa shape index (κ1) is 15.8. The summed E-state index contributed by atoms with van der Waals surface area (Å²) in [6, 6.07) is 2.55. The van der Waals surface area contributed by atoms with Crippen LogP contribution in [-0.2, 0) is 10.0 Å². The quantitative estimate of drug-likeness (QED) is 0.837. The van der Waals surface area contributed by atoms with Crippen LogP contribution in [0.5, 0.6) is 0 Å². The summed E-state index contributed by atoms with van der Waals surface area (Å²) in [4.78, 5) is 11.9. The van der Waals surface area contributed by atoms with E-state index in [1.165, 1.54) is 12.1 Å². The zero-order valence-corrected chi connectivity index (χ0v) is 13.8. The molecular formula is C12H14BrClN2O3S. The molecule has 1 amide bonds. The van der Waals surface area contributed by atoms with Gasteiger partial charge in [0.15, 0.2) is 0 Å². The van der Waals surface area contributed by atoms with Crippen LogP contribution in [0.3, 0.4) is 0 Å². The predicted octanol–water partition coefficient (Wildman–Crippen LogP) is 2.14. The number of carbonyl (C=O) groups excluding carboxylic acids is 1. The topological polar surface area (TPSA) is 89.3 Å². The first-order chi connectivity index (χ1) is 9.20. The number of rotatable bonds is 4. The summed E-state index contributed by atoms with van der Waals surface area (Å²) in [6.07, 6.45) is 1.09. The molecule has 110 valence electrons. The third kappa shape index (κ3) is 3.52. The Morgan fingerprint density at radius 1 is 1.55 bits per heavy atom. The molecule has 0 spiro atoms. The average Bonchev–Trinajstić information content (AvgIpc) is 3.00. The van der Waals surface area contributed by atoms with Crippen LogP contribution in [0.2, 0.25) is 5.02 Å². The molecule has 3 N–H and O–H groups in total. The first-order valence-corrected chi connectivity index (χ1v) is 8.72. The second-order valence-corrected chi connectivity index (χ2v) is 7.78. The van der Waals surface area contributed by atoms with E-state index in [2.05, 4.69) is 28.2 Å². The lowest BCUT2D eigenvalue weighted by atomic mass is 10.2. The smallest absolute Gasteiger partial charge is 0.252 e. The van der Waals surface area contributed by atoms with Gasteiger partial charge in [0.05, 0.1) is 15.5 Å². The number of nitrogens with two attached hydrogens (primary N) is 1. The molecule has 1 aromatic carbocycles. The van der Waals surface area contributed by atoms with Gasteiger partial charge < -0.3 is 5.32 Å². The van der Waals surface area contributed by atoms with Crippen molar-refractivity contribution in [2.75, 3.05) is 6.54 Å². The van der Waals surface area contributed by atoms with Crippen molar-refractivity contribution in [2.24, 2.45) is 17.0 Å². The van der Waals surface area contributed by atoms with Crippen molar-refractivity contribution in [1.29, 1.82) is 0 Å². The molecule has 0 aromatic heterocycles. The fourth-order valence-electron chi connectivity index (χ4n) is 1.92. The van der Waals surface area contributed by atoms with E-state index in [4.69, 9.17) is 16.7 Å². The monoisotopic (exact) mass is 380 g/mol. The molecule has 0 heterocycles. The second-order valence-electron chi connectivity index (χ2n) is 4.99. The van der Waals surface area contributed by atoms with Gasteiger partial charge in [0.25, 0.3) is 5.91 Å². The number of primary sulfonamides is 1. The molecule has 1 aliphatic rings.